The van der Waals surface area contributed by atoms with Crippen LogP contribution in [-0.2, 0) is 6.42 Å². The molecular weight excluding hydrogens is 401 g/mol. The molecule has 166 valence electrons. The van der Waals surface area contributed by atoms with E-state index >= 15 is 0 Å². The second-order valence-corrected chi connectivity index (χ2v) is 8.32. The highest BCUT2D eigenvalue weighted by molar-refractivity contribution is 5.81. The van der Waals surface area contributed by atoms with Crippen LogP contribution >= 0.6 is 0 Å². The highest BCUT2D eigenvalue weighted by Crippen LogP contribution is 2.33. The summed E-state index contributed by atoms with van der Waals surface area (Å²) in [5.41, 5.74) is 6.03. The summed E-state index contributed by atoms with van der Waals surface area (Å²) in [6.07, 6.45) is 8.46. The summed E-state index contributed by atoms with van der Waals surface area (Å²) in [4.78, 5) is 13.9. The summed E-state index contributed by atoms with van der Waals surface area (Å²) in [6.45, 7) is 6.27. The Balaban J connectivity index is 1.88. The highest BCUT2D eigenvalue weighted by atomic mass is 19.1. The normalized spacial score (nSPS) is 12.3. The molecule has 0 spiro atoms. The van der Waals surface area contributed by atoms with Gasteiger partial charge in [-0.3, -0.25) is 4.40 Å². The third-order valence-corrected chi connectivity index (χ3v) is 6.04. The van der Waals surface area contributed by atoms with Crippen molar-refractivity contribution < 1.29 is 4.39 Å². The lowest BCUT2D eigenvalue weighted by atomic mass is 9.93. The van der Waals surface area contributed by atoms with Crippen LogP contribution in [0.3, 0.4) is 0 Å². The molecule has 1 aromatic carbocycles. The molecule has 4 rings (SSSR count). The zero-order valence-electron chi connectivity index (χ0n) is 19.2. The standard InChI is InChI=1S/C26H30FN5/c1-5-7-18(6-2)15-19-11-13-32-23(16-19)31-24(20-8-9-21(27)17(3)14-20)25(32)22-10-12-29-26(28-4)30-22/h8-14,16,18H,5-7,15H2,1-4H3,(H,28,29,30). The number of hydrogen-bond acceptors (Lipinski definition) is 4. The lowest BCUT2D eigenvalue weighted by molar-refractivity contribution is 0.462. The largest absolute Gasteiger partial charge is 0.357 e. The van der Waals surface area contributed by atoms with Crippen molar-refractivity contribution in [1.82, 2.24) is 19.4 Å². The summed E-state index contributed by atoms with van der Waals surface area (Å²) in [5, 5.41) is 3.00. The van der Waals surface area contributed by atoms with Gasteiger partial charge < -0.3 is 5.32 Å². The van der Waals surface area contributed by atoms with Gasteiger partial charge >= 0.3 is 0 Å². The van der Waals surface area contributed by atoms with Crippen LogP contribution in [0.4, 0.5) is 10.3 Å². The molecule has 0 aliphatic heterocycles. The molecule has 1 atom stereocenters. The molecule has 1 unspecified atom stereocenters. The van der Waals surface area contributed by atoms with Crippen molar-refractivity contribution in [1.29, 1.82) is 0 Å². The van der Waals surface area contributed by atoms with E-state index in [-0.39, 0.29) is 5.82 Å². The van der Waals surface area contributed by atoms with Gasteiger partial charge in [0.2, 0.25) is 5.95 Å². The molecule has 0 amide bonds. The summed E-state index contributed by atoms with van der Waals surface area (Å²) in [6, 6.07) is 11.4. The van der Waals surface area contributed by atoms with Crippen LogP contribution in [0.5, 0.6) is 0 Å². The fraction of sp³-hybridized carbons (Fsp3) is 0.346. The van der Waals surface area contributed by atoms with E-state index in [0.29, 0.717) is 17.4 Å². The quantitative estimate of drug-likeness (QED) is 0.355. The van der Waals surface area contributed by atoms with Crippen molar-refractivity contribution in [3.8, 4) is 22.6 Å². The number of benzene rings is 1. The maximum Gasteiger partial charge on any atom is 0.222 e. The van der Waals surface area contributed by atoms with Crippen molar-refractivity contribution in [2.24, 2.45) is 5.92 Å². The smallest absolute Gasteiger partial charge is 0.222 e. The Morgan fingerprint density at radius 2 is 1.94 bits per heavy atom. The molecule has 5 nitrogen and oxygen atoms in total. The molecular formula is C26H30FN5. The minimum atomic E-state index is -0.220. The van der Waals surface area contributed by atoms with Gasteiger partial charge in [0.15, 0.2) is 0 Å². The average molecular weight is 432 g/mol. The van der Waals surface area contributed by atoms with Crippen molar-refractivity contribution in [3.05, 3.63) is 65.7 Å². The van der Waals surface area contributed by atoms with Gasteiger partial charge in [-0.25, -0.2) is 19.3 Å². The SMILES string of the molecule is CCCC(CC)Cc1ccn2c(-c3ccnc(NC)n3)c(-c3ccc(F)c(C)c3)nc2c1. The van der Waals surface area contributed by atoms with Crippen LogP contribution in [0.1, 0.15) is 44.2 Å². The molecule has 3 aromatic heterocycles. The number of imidazole rings is 1. The number of halogens is 1. The van der Waals surface area contributed by atoms with Crippen molar-refractivity contribution >= 4 is 11.6 Å². The number of aromatic nitrogens is 4. The Morgan fingerprint density at radius 1 is 1.09 bits per heavy atom. The fourth-order valence-electron chi connectivity index (χ4n) is 4.26. The van der Waals surface area contributed by atoms with Crippen LogP contribution in [0, 0.1) is 18.7 Å². The van der Waals surface area contributed by atoms with E-state index in [1.165, 1.54) is 30.9 Å². The molecule has 3 heterocycles. The first-order valence-corrected chi connectivity index (χ1v) is 11.3. The Hall–Kier alpha value is -3.28. The second kappa shape index (κ2) is 9.47. The molecule has 0 saturated heterocycles. The first-order valence-electron chi connectivity index (χ1n) is 11.3. The lowest BCUT2D eigenvalue weighted by Crippen LogP contribution is -2.03. The lowest BCUT2D eigenvalue weighted by Gasteiger charge is -2.14. The average Bonchev–Trinajstić information content (AvgIpc) is 3.19. The molecule has 0 bridgehead atoms. The van der Waals surface area contributed by atoms with Crippen molar-refractivity contribution in [2.75, 3.05) is 12.4 Å². The maximum absolute atomic E-state index is 14.0. The van der Waals surface area contributed by atoms with E-state index in [1.54, 1.807) is 26.2 Å². The minimum absolute atomic E-state index is 0.220. The molecule has 0 radical (unpaired) electrons. The summed E-state index contributed by atoms with van der Waals surface area (Å²) >= 11 is 0. The fourth-order valence-corrected chi connectivity index (χ4v) is 4.26. The Bertz CT molecular complexity index is 1230. The Labute approximate surface area is 188 Å². The summed E-state index contributed by atoms with van der Waals surface area (Å²) in [5.74, 6) is 0.999. The highest BCUT2D eigenvalue weighted by Gasteiger charge is 2.19. The van der Waals surface area contributed by atoms with Gasteiger partial charge in [0.05, 0.1) is 17.1 Å². The van der Waals surface area contributed by atoms with Gasteiger partial charge in [-0.05, 0) is 66.8 Å². The third kappa shape index (κ3) is 4.35. The van der Waals surface area contributed by atoms with E-state index in [2.05, 4.69) is 51.9 Å². The number of rotatable bonds is 8. The van der Waals surface area contributed by atoms with E-state index in [9.17, 15) is 4.39 Å². The van der Waals surface area contributed by atoms with Crippen LogP contribution in [-0.4, -0.2) is 26.4 Å². The van der Waals surface area contributed by atoms with Gasteiger partial charge in [0, 0.05) is 25.0 Å². The third-order valence-electron chi connectivity index (χ3n) is 6.04. The van der Waals surface area contributed by atoms with E-state index in [1.807, 2.05) is 12.1 Å². The molecule has 0 aliphatic rings. The topological polar surface area (TPSA) is 55.1 Å². The molecule has 0 fully saturated rings. The molecule has 0 aliphatic carbocycles. The van der Waals surface area contributed by atoms with Crippen molar-refractivity contribution in [3.63, 3.8) is 0 Å². The first-order chi connectivity index (χ1) is 15.5. The minimum Gasteiger partial charge on any atom is -0.357 e. The van der Waals surface area contributed by atoms with Crippen LogP contribution in [0.25, 0.3) is 28.3 Å². The summed E-state index contributed by atoms with van der Waals surface area (Å²) < 4.78 is 16.0. The number of pyridine rings is 1. The zero-order valence-corrected chi connectivity index (χ0v) is 19.2. The maximum atomic E-state index is 14.0. The van der Waals surface area contributed by atoms with Gasteiger partial charge in [-0.15, -0.1) is 0 Å². The predicted octanol–water partition coefficient (Wildman–Crippen LogP) is 6.32. The van der Waals surface area contributed by atoms with E-state index in [4.69, 9.17) is 4.98 Å². The van der Waals surface area contributed by atoms with Gasteiger partial charge in [-0.2, -0.15) is 0 Å². The van der Waals surface area contributed by atoms with Crippen molar-refractivity contribution in [2.45, 2.75) is 46.5 Å². The molecule has 4 aromatic rings. The van der Waals surface area contributed by atoms with E-state index in [0.717, 1.165) is 34.7 Å². The van der Waals surface area contributed by atoms with Crippen LogP contribution in [0.2, 0.25) is 0 Å². The van der Waals surface area contributed by atoms with Crippen LogP contribution in [0.15, 0.2) is 48.8 Å². The first kappa shape index (κ1) is 21.9. The summed E-state index contributed by atoms with van der Waals surface area (Å²) in [7, 11) is 1.80. The van der Waals surface area contributed by atoms with Crippen LogP contribution < -0.4 is 5.32 Å². The van der Waals surface area contributed by atoms with E-state index < -0.39 is 0 Å². The number of nitrogens with zero attached hydrogens (tertiary/aromatic N) is 4. The number of hydrogen-bond donors (Lipinski definition) is 1. The number of fused-ring (bicyclic) bond motifs is 1. The molecule has 6 heteroatoms. The number of aryl methyl sites for hydroxylation is 1. The zero-order chi connectivity index (χ0) is 22.7. The van der Waals surface area contributed by atoms with Gasteiger partial charge in [0.25, 0.3) is 0 Å². The monoisotopic (exact) mass is 431 g/mol. The Kier molecular flexibility index (Phi) is 6.49. The second-order valence-electron chi connectivity index (χ2n) is 8.32. The van der Waals surface area contributed by atoms with Gasteiger partial charge in [-0.1, -0.05) is 33.1 Å². The molecule has 0 saturated carbocycles. The number of nitrogens with one attached hydrogen (secondary N) is 1. The van der Waals surface area contributed by atoms with Gasteiger partial charge in [0.1, 0.15) is 11.5 Å². The molecule has 1 N–H and O–H groups in total. The number of anilines is 1. The molecule has 32 heavy (non-hydrogen) atoms. The predicted molar refractivity (Wildman–Crippen MR) is 128 cm³/mol. The Morgan fingerprint density at radius 3 is 2.66 bits per heavy atom.